The number of carbonyl (C=O) groups is 1. The fourth-order valence-electron chi connectivity index (χ4n) is 1.66. The quantitative estimate of drug-likeness (QED) is 0.692. The van der Waals surface area contributed by atoms with Gasteiger partial charge in [0.2, 0.25) is 0 Å². The van der Waals surface area contributed by atoms with Crippen LogP contribution in [0, 0.1) is 6.92 Å². The molecule has 1 heterocycles. The van der Waals surface area contributed by atoms with Crippen molar-refractivity contribution in [1.82, 2.24) is 20.6 Å². The fourth-order valence-corrected chi connectivity index (χ4v) is 1.66. The number of para-hydroxylation sites is 1. The van der Waals surface area contributed by atoms with E-state index in [1.807, 2.05) is 30.3 Å². The van der Waals surface area contributed by atoms with Crippen molar-refractivity contribution < 1.29 is 4.79 Å². The third-order valence-electron chi connectivity index (χ3n) is 2.62. The lowest BCUT2D eigenvalue weighted by Gasteiger charge is -2.02. The number of benzene rings is 1. The van der Waals surface area contributed by atoms with Gasteiger partial charge < -0.3 is 5.73 Å². The van der Waals surface area contributed by atoms with Gasteiger partial charge in [0.25, 0.3) is 5.91 Å². The highest BCUT2D eigenvalue weighted by Crippen LogP contribution is 2.19. The predicted molar refractivity (Wildman–Crippen MR) is 69.2 cm³/mol. The van der Waals surface area contributed by atoms with Gasteiger partial charge >= 0.3 is 0 Å². The number of anilines is 1. The van der Waals surface area contributed by atoms with E-state index in [0.29, 0.717) is 17.1 Å². The minimum Gasteiger partial charge on any atom is -0.383 e. The number of hydrogen-bond donors (Lipinski definition) is 3. The summed E-state index contributed by atoms with van der Waals surface area (Å²) in [5.74, 6) is 0.152. The Labute approximate surface area is 105 Å². The van der Waals surface area contributed by atoms with Crippen LogP contribution in [0.25, 0.3) is 5.69 Å². The van der Waals surface area contributed by atoms with E-state index in [2.05, 4.69) is 16.0 Å². The van der Waals surface area contributed by atoms with E-state index in [1.54, 1.807) is 18.7 Å². The van der Waals surface area contributed by atoms with Gasteiger partial charge in [-0.2, -0.15) is 5.10 Å². The first-order chi connectivity index (χ1) is 8.65. The molecule has 0 fully saturated rings. The number of hydrogen-bond acceptors (Lipinski definition) is 4. The van der Waals surface area contributed by atoms with Crippen LogP contribution in [-0.4, -0.2) is 22.7 Å². The van der Waals surface area contributed by atoms with Crippen molar-refractivity contribution >= 4 is 11.7 Å². The highest BCUT2D eigenvalue weighted by Gasteiger charge is 2.18. The van der Waals surface area contributed by atoms with Gasteiger partial charge in [-0.15, -0.1) is 0 Å². The molecular weight excluding hydrogens is 230 g/mol. The average molecular weight is 245 g/mol. The zero-order valence-electron chi connectivity index (χ0n) is 10.3. The van der Waals surface area contributed by atoms with Crippen molar-refractivity contribution in [3.8, 4) is 5.69 Å². The van der Waals surface area contributed by atoms with Crippen molar-refractivity contribution in [2.24, 2.45) is 0 Å². The molecule has 2 aromatic rings. The van der Waals surface area contributed by atoms with Crippen LogP contribution in [0.2, 0.25) is 0 Å². The number of rotatable bonds is 3. The maximum Gasteiger partial charge on any atom is 0.286 e. The van der Waals surface area contributed by atoms with Crippen LogP contribution in [-0.2, 0) is 0 Å². The van der Waals surface area contributed by atoms with Gasteiger partial charge in [-0.3, -0.25) is 10.2 Å². The summed E-state index contributed by atoms with van der Waals surface area (Å²) in [6.07, 6.45) is 0. The summed E-state index contributed by atoms with van der Waals surface area (Å²) in [6, 6.07) is 9.44. The molecule has 6 heteroatoms. The molecule has 1 aromatic carbocycles. The molecule has 1 amide bonds. The minimum absolute atomic E-state index is 0.309. The number of carbonyl (C=O) groups excluding carboxylic acids is 1. The van der Waals surface area contributed by atoms with Gasteiger partial charge in [0.05, 0.1) is 5.69 Å². The second kappa shape index (κ2) is 4.89. The lowest BCUT2D eigenvalue weighted by atomic mass is 10.2. The monoisotopic (exact) mass is 245 g/mol. The van der Waals surface area contributed by atoms with E-state index >= 15 is 0 Å². The molecule has 2 rings (SSSR count). The first-order valence-electron chi connectivity index (χ1n) is 5.52. The van der Waals surface area contributed by atoms with E-state index in [9.17, 15) is 4.79 Å². The van der Waals surface area contributed by atoms with Crippen LogP contribution < -0.4 is 16.6 Å². The zero-order chi connectivity index (χ0) is 13.1. The van der Waals surface area contributed by atoms with E-state index in [4.69, 9.17) is 5.73 Å². The van der Waals surface area contributed by atoms with Crippen LogP contribution in [0.5, 0.6) is 0 Å². The first kappa shape index (κ1) is 12.1. The minimum atomic E-state index is -0.309. The summed E-state index contributed by atoms with van der Waals surface area (Å²) in [5.41, 5.74) is 12.8. The molecule has 6 nitrogen and oxygen atoms in total. The second-order valence-corrected chi connectivity index (χ2v) is 3.81. The van der Waals surface area contributed by atoms with E-state index in [0.717, 1.165) is 5.69 Å². The number of nitrogen functional groups attached to an aromatic ring is 1. The van der Waals surface area contributed by atoms with Gasteiger partial charge in [0.1, 0.15) is 5.82 Å². The van der Waals surface area contributed by atoms with Crippen molar-refractivity contribution in [3.05, 3.63) is 41.6 Å². The number of nitrogens with two attached hydrogens (primary N) is 1. The van der Waals surface area contributed by atoms with Crippen LogP contribution >= 0.6 is 0 Å². The highest BCUT2D eigenvalue weighted by molar-refractivity contribution is 5.94. The van der Waals surface area contributed by atoms with Gasteiger partial charge in [-0.25, -0.2) is 10.1 Å². The molecule has 0 spiro atoms. The van der Waals surface area contributed by atoms with Gasteiger partial charge in [0.15, 0.2) is 5.69 Å². The maximum absolute atomic E-state index is 11.8. The summed E-state index contributed by atoms with van der Waals surface area (Å²) >= 11 is 0. The van der Waals surface area contributed by atoms with Crippen molar-refractivity contribution in [2.45, 2.75) is 6.92 Å². The molecule has 4 N–H and O–H groups in total. The largest absolute Gasteiger partial charge is 0.383 e. The molecule has 0 aliphatic rings. The molecule has 0 aliphatic heterocycles. The summed E-state index contributed by atoms with van der Waals surface area (Å²) in [5, 5.41) is 4.24. The lowest BCUT2D eigenvalue weighted by Crippen LogP contribution is -2.34. The molecule has 1 aromatic heterocycles. The van der Waals surface area contributed by atoms with Crippen LogP contribution in [0.1, 0.15) is 16.1 Å². The Balaban J connectivity index is 2.46. The molecule has 0 unspecified atom stereocenters. The Morgan fingerprint density at radius 2 is 2.00 bits per heavy atom. The molecule has 0 bridgehead atoms. The fraction of sp³-hybridized carbons (Fsp3) is 0.167. The molecule has 0 aliphatic carbocycles. The topological polar surface area (TPSA) is 85.0 Å². The zero-order valence-corrected chi connectivity index (χ0v) is 10.3. The standard InChI is InChI=1S/C12H15N5O/c1-8-10(12(18)15-14-2)16-17(11(8)13)9-6-4-3-5-7-9/h3-7,14H,13H2,1-2H3,(H,15,18). The Kier molecular flexibility index (Phi) is 3.29. The normalized spacial score (nSPS) is 10.3. The highest BCUT2D eigenvalue weighted by atomic mass is 16.2. The van der Waals surface area contributed by atoms with Crippen LogP contribution in [0.4, 0.5) is 5.82 Å². The number of aromatic nitrogens is 2. The summed E-state index contributed by atoms with van der Waals surface area (Å²) in [7, 11) is 1.62. The van der Waals surface area contributed by atoms with Gasteiger partial charge in [0, 0.05) is 12.6 Å². The number of nitrogens with zero attached hydrogens (tertiary/aromatic N) is 2. The van der Waals surface area contributed by atoms with E-state index in [1.165, 1.54) is 0 Å². The SMILES string of the molecule is CNNC(=O)c1nn(-c2ccccc2)c(N)c1C. The Hall–Kier alpha value is -2.34. The molecule has 0 atom stereocenters. The molecule has 0 saturated carbocycles. The Morgan fingerprint density at radius 1 is 1.33 bits per heavy atom. The van der Waals surface area contributed by atoms with Crippen LogP contribution in [0.15, 0.2) is 30.3 Å². The van der Waals surface area contributed by atoms with Crippen molar-refractivity contribution in [2.75, 3.05) is 12.8 Å². The molecule has 0 radical (unpaired) electrons. The smallest absolute Gasteiger partial charge is 0.286 e. The lowest BCUT2D eigenvalue weighted by molar-refractivity contribution is 0.0932. The molecule has 0 saturated heterocycles. The van der Waals surface area contributed by atoms with Crippen molar-refractivity contribution in [3.63, 3.8) is 0 Å². The maximum atomic E-state index is 11.8. The Bertz CT molecular complexity index is 561. The second-order valence-electron chi connectivity index (χ2n) is 3.81. The molecular formula is C12H15N5O. The van der Waals surface area contributed by atoms with Crippen molar-refractivity contribution in [1.29, 1.82) is 0 Å². The Morgan fingerprint density at radius 3 is 2.61 bits per heavy atom. The van der Waals surface area contributed by atoms with Gasteiger partial charge in [-0.05, 0) is 19.1 Å². The number of hydrazine groups is 1. The van der Waals surface area contributed by atoms with Gasteiger partial charge in [-0.1, -0.05) is 18.2 Å². The summed E-state index contributed by atoms with van der Waals surface area (Å²) in [4.78, 5) is 11.8. The third kappa shape index (κ3) is 2.05. The number of nitrogens with one attached hydrogen (secondary N) is 2. The summed E-state index contributed by atoms with van der Waals surface area (Å²) < 4.78 is 1.56. The van der Waals surface area contributed by atoms with E-state index < -0.39 is 0 Å². The molecule has 94 valence electrons. The summed E-state index contributed by atoms with van der Waals surface area (Å²) in [6.45, 7) is 1.77. The first-order valence-corrected chi connectivity index (χ1v) is 5.52. The third-order valence-corrected chi connectivity index (χ3v) is 2.62. The predicted octanol–water partition coefficient (Wildman–Crippen LogP) is 0.627. The van der Waals surface area contributed by atoms with Crippen LogP contribution in [0.3, 0.4) is 0 Å². The average Bonchev–Trinajstić information content (AvgIpc) is 2.68. The molecule has 18 heavy (non-hydrogen) atoms. The number of amides is 1. The van der Waals surface area contributed by atoms with E-state index in [-0.39, 0.29) is 5.91 Å².